The summed E-state index contributed by atoms with van der Waals surface area (Å²) in [7, 11) is 0. The standard InChI is InChI=1S/C20H26N4O3/c1-4-18-22-23(11-19(25)21-14-7-5-6-12(2)13(14)3)20(26)16-10-17-15(24(16)18)8-9-27-17/h8-10,12-14H,4-7,11H2,1-3H3,(H,21,25)/t12-,13+,14+/m0/s1. The van der Waals surface area contributed by atoms with Crippen LogP contribution in [0, 0.1) is 11.8 Å². The fourth-order valence-electron chi connectivity index (χ4n) is 4.23. The van der Waals surface area contributed by atoms with E-state index in [2.05, 4.69) is 24.3 Å². The van der Waals surface area contributed by atoms with E-state index in [-0.39, 0.29) is 24.1 Å². The summed E-state index contributed by atoms with van der Waals surface area (Å²) in [4.78, 5) is 25.5. The summed E-state index contributed by atoms with van der Waals surface area (Å²) in [6.07, 6.45) is 5.57. The topological polar surface area (TPSA) is 81.5 Å². The minimum Gasteiger partial charge on any atom is -0.463 e. The second-order valence-corrected chi connectivity index (χ2v) is 7.71. The normalized spacial score (nSPS) is 23.1. The number of aromatic nitrogens is 3. The highest BCUT2D eigenvalue weighted by molar-refractivity contribution is 5.82. The Hall–Kier alpha value is -2.57. The van der Waals surface area contributed by atoms with Crippen LogP contribution in [0.3, 0.4) is 0 Å². The molecule has 3 atom stereocenters. The van der Waals surface area contributed by atoms with Crippen LogP contribution in [0.5, 0.6) is 0 Å². The Labute approximate surface area is 157 Å². The van der Waals surface area contributed by atoms with Gasteiger partial charge < -0.3 is 9.73 Å². The molecule has 3 heterocycles. The number of nitrogens with zero attached hydrogens (tertiary/aromatic N) is 3. The monoisotopic (exact) mass is 370 g/mol. The maximum Gasteiger partial charge on any atom is 0.291 e. The molecule has 0 radical (unpaired) electrons. The SMILES string of the molecule is CCc1nn(CC(=O)N[C@@H]2CCC[C@H](C)[C@H]2C)c(=O)c2cc3occc3n12. The number of rotatable bonds is 4. The highest BCUT2D eigenvalue weighted by atomic mass is 16.3. The Bertz CT molecular complexity index is 1040. The molecule has 4 rings (SSSR count). The minimum atomic E-state index is -0.279. The minimum absolute atomic E-state index is 0.0630. The van der Waals surface area contributed by atoms with Crippen molar-refractivity contribution in [2.75, 3.05) is 0 Å². The number of nitrogens with one attached hydrogen (secondary N) is 1. The molecule has 0 saturated heterocycles. The van der Waals surface area contributed by atoms with Gasteiger partial charge in [0, 0.05) is 24.6 Å². The Morgan fingerprint density at radius 3 is 2.93 bits per heavy atom. The molecule has 144 valence electrons. The summed E-state index contributed by atoms with van der Waals surface area (Å²) >= 11 is 0. The average molecular weight is 370 g/mol. The summed E-state index contributed by atoms with van der Waals surface area (Å²) in [6.45, 7) is 6.34. The zero-order valence-corrected chi connectivity index (χ0v) is 16.1. The number of amides is 1. The molecular weight excluding hydrogens is 344 g/mol. The van der Waals surface area contributed by atoms with Crippen LogP contribution in [-0.2, 0) is 17.8 Å². The number of carbonyl (C=O) groups excluding carboxylic acids is 1. The van der Waals surface area contributed by atoms with Gasteiger partial charge >= 0.3 is 0 Å². The van der Waals surface area contributed by atoms with Crippen molar-refractivity contribution in [1.82, 2.24) is 19.5 Å². The van der Waals surface area contributed by atoms with E-state index in [1.807, 2.05) is 17.4 Å². The van der Waals surface area contributed by atoms with Crippen molar-refractivity contribution >= 4 is 22.5 Å². The second kappa shape index (κ2) is 6.87. The van der Waals surface area contributed by atoms with E-state index in [0.717, 1.165) is 24.2 Å². The third kappa shape index (κ3) is 3.05. The van der Waals surface area contributed by atoms with Gasteiger partial charge in [-0.2, -0.15) is 5.10 Å². The first kappa shape index (κ1) is 17.8. The van der Waals surface area contributed by atoms with Gasteiger partial charge in [-0.25, -0.2) is 4.68 Å². The molecule has 1 aliphatic carbocycles. The highest BCUT2D eigenvalue weighted by Crippen LogP contribution is 2.29. The number of aryl methyl sites for hydroxylation is 1. The number of hydrogen-bond acceptors (Lipinski definition) is 4. The Morgan fingerprint density at radius 2 is 2.15 bits per heavy atom. The van der Waals surface area contributed by atoms with Crippen LogP contribution in [0.25, 0.3) is 16.6 Å². The van der Waals surface area contributed by atoms with Crippen LogP contribution in [0.15, 0.2) is 27.6 Å². The maximum atomic E-state index is 12.9. The number of furan rings is 1. The van der Waals surface area contributed by atoms with Gasteiger partial charge in [0.15, 0.2) is 5.58 Å². The van der Waals surface area contributed by atoms with Gasteiger partial charge in [-0.3, -0.25) is 14.0 Å². The van der Waals surface area contributed by atoms with Crippen molar-refractivity contribution in [3.8, 4) is 0 Å². The van der Waals surface area contributed by atoms with Gasteiger partial charge in [0.2, 0.25) is 5.91 Å². The Morgan fingerprint density at radius 1 is 1.33 bits per heavy atom. The summed E-state index contributed by atoms with van der Waals surface area (Å²) in [5, 5.41) is 7.57. The molecule has 1 fully saturated rings. The van der Waals surface area contributed by atoms with Crippen molar-refractivity contribution in [2.24, 2.45) is 11.8 Å². The molecule has 0 spiro atoms. The molecule has 0 bridgehead atoms. The smallest absolute Gasteiger partial charge is 0.291 e. The summed E-state index contributed by atoms with van der Waals surface area (Å²) < 4.78 is 8.52. The fraction of sp³-hybridized carbons (Fsp3) is 0.550. The van der Waals surface area contributed by atoms with Crippen LogP contribution in [0.2, 0.25) is 0 Å². The molecule has 0 aliphatic heterocycles. The van der Waals surface area contributed by atoms with Gasteiger partial charge in [0.25, 0.3) is 5.56 Å². The van der Waals surface area contributed by atoms with Crippen LogP contribution < -0.4 is 10.9 Å². The van der Waals surface area contributed by atoms with Gasteiger partial charge in [-0.15, -0.1) is 0 Å². The number of fused-ring (bicyclic) bond motifs is 3. The second-order valence-electron chi connectivity index (χ2n) is 7.71. The third-order valence-corrected chi connectivity index (χ3v) is 6.03. The van der Waals surface area contributed by atoms with Crippen molar-refractivity contribution in [1.29, 1.82) is 0 Å². The molecule has 1 amide bonds. The Balaban J connectivity index is 1.63. The fourth-order valence-corrected chi connectivity index (χ4v) is 4.23. The molecule has 0 aromatic carbocycles. The first-order chi connectivity index (χ1) is 13.0. The zero-order chi connectivity index (χ0) is 19.1. The highest BCUT2D eigenvalue weighted by Gasteiger charge is 2.28. The zero-order valence-electron chi connectivity index (χ0n) is 16.1. The lowest BCUT2D eigenvalue weighted by Crippen LogP contribution is -2.46. The Kier molecular flexibility index (Phi) is 4.53. The first-order valence-corrected chi connectivity index (χ1v) is 9.77. The molecule has 7 heteroatoms. The summed E-state index contributed by atoms with van der Waals surface area (Å²) in [5.41, 5.74) is 1.69. The van der Waals surface area contributed by atoms with E-state index < -0.39 is 0 Å². The van der Waals surface area contributed by atoms with Gasteiger partial charge in [0.05, 0.1) is 11.8 Å². The van der Waals surface area contributed by atoms with Crippen molar-refractivity contribution in [2.45, 2.75) is 59.0 Å². The lowest BCUT2D eigenvalue weighted by molar-refractivity contribution is -0.123. The van der Waals surface area contributed by atoms with Crippen LogP contribution in [0.4, 0.5) is 0 Å². The lowest BCUT2D eigenvalue weighted by atomic mass is 9.78. The number of hydrogen-bond donors (Lipinski definition) is 1. The molecule has 0 unspecified atom stereocenters. The van der Waals surface area contributed by atoms with E-state index in [1.165, 1.54) is 11.1 Å². The molecular formula is C20H26N4O3. The van der Waals surface area contributed by atoms with Crippen molar-refractivity contribution in [3.05, 3.63) is 34.6 Å². The van der Waals surface area contributed by atoms with E-state index in [4.69, 9.17) is 4.42 Å². The molecule has 3 aromatic heterocycles. The predicted octanol–water partition coefficient (Wildman–Crippen LogP) is 2.75. The summed E-state index contributed by atoms with van der Waals surface area (Å²) in [6, 6.07) is 3.71. The quantitative estimate of drug-likeness (QED) is 0.766. The number of carbonyl (C=O) groups is 1. The van der Waals surface area contributed by atoms with Gasteiger partial charge in [-0.05, 0) is 18.3 Å². The molecule has 1 N–H and O–H groups in total. The van der Waals surface area contributed by atoms with Crippen molar-refractivity contribution in [3.63, 3.8) is 0 Å². The van der Waals surface area contributed by atoms with E-state index in [0.29, 0.717) is 29.4 Å². The van der Waals surface area contributed by atoms with Crippen LogP contribution >= 0.6 is 0 Å². The first-order valence-electron chi connectivity index (χ1n) is 9.77. The van der Waals surface area contributed by atoms with Crippen molar-refractivity contribution < 1.29 is 9.21 Å². The average Bonchev–Trinajstić information content (AvgIpc) is 3.23. The van der Waals surface area contributed by atoms with Gasteiger partial charge in [-0.1, -0.05) is 33.6 Å². The predicted molar refractivity (Wildman–Crippen MR) is 103 cm³/mol. The van der Waals surface area contributed by atoms with E-state index in [9.17, 15) is 9.59 Å². The largest absolute Gasteiger partial charge is 0.463 e. The molecule has 1 aliphatic rings. The molecule has 1 saturated carbocycles. The van der Waals surface area contributed by atoms with E-state index in [1.54, 1.807) is 12.3 Å². The molecule has 3 aromatic rings. The lowest BCUT2D eigenvalue weighted by Gasteiger charge is -2.34. The third-order valence-electron chi connectivity index (χ3n) is 6.03. The van der Waals surface area contributed by atoms with Crippen LogP contribution in [-0.4, -0.2) is 26.1 Å². The van der Waals surface area contributed by atoms with Gasteiger partial charge in [0.1, 0.15) is 17.9 Å². The maximum absolute atomic E-state index is 12.9. The summed E-state index contributed by atoms with van der Waals surface area (Å²) in [5.74, 6) is 1.62. The molecule has 27 heavy (non-hydrogen) atoms. The van der Waals surface area contributed by atoms with Crippen LogP contribution in [0.1, 0.15) is 45.9 Å². The molecule has 7 nitrogen and oxygen atoms in total. The van der Waals surface area contributed by atoms with E-state index >= 15 is 0 Å².